The van der Waals surface area contributed by atoms with Crippen molar-refractivity contribution in [1.82, 2.24) is 9.88 Å². The lowest BCUT2D eigenvalue weighted by Gasteiger charge is -2.26. The molecule has 0 fully saturated rings. The lowest BCUT2D eigenvalue weighted by Crippen LogP contribution is -2.47. The molecule has 1 heterocycles. The van der Waals surface area contributed by atoms with Crippen LogP contribution < -0.4 is 10.1 Å². The molecule has 0 aliphatic carbocycles. The van der Waals surface area contributed by atoms with Gasteiger partial charge in [-0.05, 0) is 67.3 Å². The number of aromatic nitrogens is 1. The van der Waals surface area contributed by atoms with Crippen molar-refractivity contribution in [3.05, 3.63) is 65.3 Å². The van der Waals surface area contributed by atoms with E-state index in [9.17, 15) is 9.90 Å². The summed E-state index contributed by atoms with van der Waals surface area (Å²) in [6.45, 7) is 3.46. The van der Waals surface area contributed by atoms with Crippen LogP contribution in [0.2, 0.25) is 5.02 Å². The first-order valence-electron chi connectivity index (χ1n) is 8.72. The number of nitrogens with zero attached hydrogens (tertiary/aromatic N) is 1. The Hall–Kier alpha value is -2.50. The van der Waals surface area contributed by atoms with Gasteiger partial charge in [0.15, 0.2) is 5.60 Å². The van der Waals surface area contributed by atoms with Crippen molar-refractivity contribution in [2.45, 2.75) is 25.6 Å². The first kappa shape index (κ1) is 19.3. The standard InChI is InChI=1S/C21H23ClN2O3/c1-21(2,27-17-7-5-16(22)6-8-17)20(26)23-13-19(25)15-4-9-18-14(12-15)10-11-24(18)3/h4-12,19,25H,13H2,1-3H3,(H,23,26). The van der Waals surface area contributed by atoms with Crippen LogP contribution in [0.3, 0.4) is 0 Å². The van der Waals surface area contributed by atoms with Crippen LogP contribution in [0.1, 0.15) is 25.5 Å². The maximum absolute atomic E-state index is 12.5. The van der Waals surface area contributed by atoms with Gasteiger partial charge in [0.25, 0.3) is 5.91 Å². The van der Waals surface area contributed by atoms with Crippen LogP contribution in [0.5, 0.6) is 5.75 Å². The number of hydrogen-bond acceptors (Lipinski definition) is 3. The number of hydrogen-bond donors (Lipinski definition) is 2. The van der Waals surface area contributed by atoms with Gasteiger partial charge in [-0.3, -0.25) is 4.79 Å². The molecule has 0 spiro atoms. The summed E-state index contributed by atoms with van der Waals surface area (Å²) in [5.74, 6) is 0.243. The Morgan fingerprint density at radius 3 is 2.63 bits per heavy atom. The maximum atomic E-state index is 12.5. The molecule has 0 bridgehead atoms. The highest BCUT2D eigenvalue weighted by Crippen LogP contribution is 2.23. The molecule has 1 unspecified atom stereocenters. The van der Waals surface area contributed by atoms with Crippen molar-refractivity contribution in [2.24, 2.45) is 7.05 Å². The normalized spacial score (nSPS) is 12.8. The van der Waals surface area contributed by atoms with E-state index in [1.165, 1.54) is 0 Å². The number of rotatable bonds is 6. The smallest absolute Gasteiger partial charge is 0.263 e. The second-order valence-electron chi connectivity index (χ2n) is 7.04. The third kappa shape index (κ3) is 4.43. The van der Waals surface area contributed by atoms with Crippen molar-refractivity contribution in [3.63, 3.8) is 0 Å². The number of aliphatic hydroxyl groups is 1. The Bertz CT molecular complexity index is 948. The Morgan fingerprint density at radius 1 is 1.22 bits per heavy atom. The maximum Gasteiger partial charge on any atom is 0.263 e. The van der Waals surface area contributed by atoms with Crippen LogP contribution in [-0.2, 0) is 11.8 Å². The molecule has 27 heavy (non-hydrogen) atoms. The summed E-state index contributed by atoms with van der Waals surface area (Å²) in [6.07, 6.45) is 1.17. The lowest BCUT2D eigenvalue weighted by atomic mass is 10.1. The number of aliphatic hydroxyl groups excluding tert-OH is 1. The quantitative estimate of drug-likeness (QED) is 0.676. The van der Waals surface area contributed by atoms with E-state index in [0.29, 0.717) is 10.8 Å². The van der Waals surface area contributed by atoms with Crippen LogP contribution >= 0.6 is 11.6 Å². The van der Waals surface area contributed by atoms with Crippen LogP contribution in [-0.4, -0.2) is 27.7 Å². The van der Waals surface area contributed by atoms with Crippen molar-refractivity contribution >= 4 is 28.4 Å². The minimum Gasteiger partial charge on any atom is -0.478 e. The Kier molecular flexibility index (Phi) is 5.44. The van der Waals surface area contributed by atoms with Gasteiger partial charge in [0.05, 0.1) is 6.10 Å². The fourth-order valence-corrected chi connectivity index (χ4v) is 3.00. The van der Waals surface area contributed by atoms with Crippen LogP contribution in [0, 0.1) is 0 Å². The minimum absolute atomic E-state index is 0.102. The lowest BCUT2D eigenvalue weighted by molar-refractivity contribution is -0.134. The van der Waals surface area contributed by atoms with E-state index in [0.717, 1.165) is 16.5 Å². The zero-order valence-electron chi connectivity index (χ0n) is 15.6. The zero-order chi connectivity index (χ0) is 19.6. The zero-order valence-corrected chi connectivity index (χ0v) is 16.3. The number of amides is 1. The number of halogens is 1. The molecule has 6 heteroatoms. The highest BCUT2D eigenvalue weighted by molar-refractivity contribution is 6.30. The molecule has 2 aromatic carbocycles. The molecule has 5 nitrogen and oxygen atoms in total. The number of aryl methyl sites for hydroxylation is 1. The predicted octanol–water partition coefficient (Wildman–Crippen LogP) is 3.84. The average molecular weight is 387 g/mol. The van der Waals surface area contributed by atoms with Gasteiger partial charge in [0, 0.05) is 30.3 Å². The first-order chi connectivity index (χ1) is 12.8. The average Bonchev–Trinajstić information content (AvgIpc) is 3.01. The highest BCUT2D eigenvalue weighted by atomic mass is 35.5. The van der Waals surface area contributed by atoms with E-state index < -0.39 is 11.7 Å². The van der Waals surface area contributed by atoms with Crippen LogP contribution in [0.15, 0.2) is 54.7 Å². The summed E-state index contributed by atoms with van der Waals surface area (Å²) in [6, 6.07) is 14.6. The fraction of sp³-hybridized carbons (Fsp3) is 0.286. The van der Waals surface area contributed by atoms with Gasteiger partial charge in [0.2, 0.25) is 0 Å². The molecule has 0 radical (unpaired) electrons. The predicted molar refractivity (Wildman–Crippen MR) is 107 cm³/mol. The van der Waals surface area contributed by atoms with E-state index in [1.54, 1.807) is 38.1 Å². The third-order valence-electron chi connectivity index (χ3n) is 4.48. The minimum atomic E-state index is -1.09. The molecular formula is C21H23ClN2O3. The molecule has 1 amide bonds. The number of ether oxygens (including phenoxy) is 1. The second-order valence-corrected chi connectivity index (χ2v) is 7.47. The van der Waals surface area contributed by atoms with E-state index in [1.807, 2.05) is 42.1 Å². The van der Waals surface area contributed by atoms with Crippen molar-refractivity contribution in [2.75, 3.05) is 6.54 Å². The van der Waals surface area contributed by atoms with Crippen LogP contribution in [0.25, 0.3) is 10.9 Å². The number of nitrogens with one attached hydrogen (secondary N) is 1. The summed E-state index contributed by atoms with van der Waals surface area (Å²) < 4.78 is 7.78. The second kappa shape index (κ2) is 7.62. The number of carbonyl (C=O) groups is 1. The molecule has 142 valence electrons. The number of benzene rings is 2. The van der Waals surface area contributed by atoms with Gasteiger partial charge in [0.1, 0.15) is 5.75 Å². The van der Waals surface area contributed by atoms with Gasteiger partial charge in [-0.15, -0.1) is 0 Å². The van der Waals surface area contributed by atoms with Crippen molar-refractivity contribution < 1.29 is 14.6 Å². The SMILES string of the molecule is Cn1ccc2cc(C(O)CNC(=O)C(C)(C)Oc3ccc(Cl)cc3)ccc21. The van der Waals surface area contributed by atoms with E-state index >= 15 is 0 Å². The third-order valence-corrected chi connectivity index (χ3v) is 4.74. The summed E-state index contributed by atoms with van der Waals surface area (Å²) in [4.78, 5) is 12.5. The molecule has 3 aromatic rings. The molecule has 0 saturated carbocycles. The Labute approximate surface area is 163 Å². The molecule has 3 rings (SSSR count). The summed E-state index contributed by atoms with van der Waals surface area (Å²) in [5, 5.41) is 14.9. The Morgan fingerprint density at radius 2 is 1.93 bits per heavy atom. The molecule has 0 aliphatic heterocycles. The van der Waals surface area contributed by atoms with E-state index in [2.05, 4.69) is 5.32 Å². The number of fused-ring (bicyclic) bond motifs is 1. The van der Waals surface area contributed by atoms with Gasteiger partial charge in [-0.25, -0.2) is 0 Å². The van der Waals surface area contributed by atoms with E-state index in [4.69, 9.17) is 16.3 Å². The van der Waals surface area contributed by atoms with Gasteiger partial charge < -0.3 is 19.7 Å². The van der Waals surface area contributed by atoms with Gasteiger partial charge in [-0.1, -0.05) is 17.7 Å². The molecular weight excluding hydrogens is 364 g/mol. The van der Waals surface area contributed by atoms with Crippen molar-refractivity contribution in [3.8, 4) is 5.75 Å². The van der Waals surface area contributed by atoms with Gasteiger partial charge >= 0.3 is 0 Å². The topological polar surface area (TPSA) is 63.5 Å². The first-order valence-corrected chi connectivity index (χ1v) is 9.10. The summed E-state index contributed by atoms with van der Waals surface area (Å²) in [7, 11) is 1.97. The molecule has 0 aliphatic rings. The molecule has 2 N–H and O–H groups in total. The molecule has 0 saturated heterocycles. The van der Waals surface area contributed by atoms with E-state index in [-0.39, 0.29) is 12.5 Å². The Balaban J connectivity index is 1.61. The summed E-state index contributed by atoms with van der Waals surface area (Å²) >= 11 is 5.86. The summed E-state index contributed by atoms with van der Waals surface area (Å²) in [5.41, 5.74) is 0.759. The largest absolute Gasteiger partial charge is 0.478 e. The molecule has 1 atom stereocenters. The number of carbonyl (C=O) groups excluding carboxylic acids is 1. The van der Waals surface area contributed by atoms with Crippen LogP contribution in [0.4, 0.5) is 0 Å². The molecule has 1 aromatic heterocycles. The fourth-order valence-electron chi connectivity index (χ4n) is 2.87. The van der Waals surface area contributed by atoms with Crippen molar-refractivity contribution in [1.29, 1.82) is 0 Å². The highest BCUT2D eigenvalue weighted by Gasteiger charge is 2.30. The monoisotopic (exact) mass is 386 g/mol. The van der Waals surface area contributed by atoms with Gasteiger partial charge in [-0.2, -0.15) is 0 Å².